The van der Waals surface area contributed by atoms with Gasteiger partial charge in [-0.25, -0.2) is 13.9 Å². The third kappa shape index (κ3) is 5.52. The van der Waals surface area contributed by atoms with E-state index < -0.39 is 20.5 Å². The quantitative estimate of drug-likeness (QED) is 0.413. The lowest BCUT2D eigenvalue weighted by Crippen LogP contribution is -2.54. The summed E-state index contributed by atoms with van der Waals surface area (Å²) < 4.78 is 30.0. The molecule has 1 fully saturated rings. The van der Waals surface area contributed by atoms with Gasteiger partial charge in [-0.15, -0.1) is 24.8 Å². The number of rotatable bonds is 7. The highest BCUT2D eigenvalue weighted by Crippen LogP contribution is 2.35. The molecule has 9 nitrogen and oxygen atoms in total. The first-order valence-electron chi connectivity index (χ1n) is 10.4. The summed E-state index contributed by atoms with van der Waals surface area (Å²) in [6, 6.07) is 9.89. The van der Waals surface area contributed by atoms with Crippen molar-refractivity contribution in [1.29, 1.82) is 0 Å². The predicted molar refractivity (Wildman–Crippen MR) is 131 cm³/mol. The molecule has 0 spiro atoms. The van der Waals surface area contributed by atoms with Crippen LogP contribution < -0.4 is 5.48 Å². The van der Waals surface area contributed by atoms with Gasteiger partial charge in [0.1, 0.15) is 0 Å². The fraction of sp³-hybridized carbons (Fsp3) is 0.409. The summed E-state index contributed by atoms with van der Waals surface area (Å²) in [4.78, 5) is 30.7. The SMILES string of the molecule is CCN(CC)C(=O)c1ccc(-c2ccc(S(=O)(=O)C3(C(=O)NO)CCOCC3)cn2)cc1.Cl.Cl. The van der Waals surface area contributed by atoms with Crippen molar-refractivity contribution in [1.82, 2.24) is 15.4 Å². The van der Waals surface area contributed by atoms with Crippen LogP contribution in [0.1, 0.15) is 37.0 Å². The second kappa shape index (κ2) is 12.5. The normalized spacial score (nSPS) is 14.8. The van der Waals surface area contributed by atoms with Gasteiger partial charge in [0, 0.05) is 43.6 Å². The summed E-state index contributed by atoms with van der Waals surface area (Å²) >= 11 is 0. The molecule has 0 bridgehead atoms. The van der Waals surface area contributed by atoms with Gasteiger partial charge in [-0.05, 0) is 51.0 Å². The first-order valence-corrected chi connectivity index (χ1v) is 11.9. The van der Waals surface area contributed by atoms with Crippen LogP contribution in [0.2, 0.25) is 0 Å². The fourth-order valence-electron chi connectivity index (χ4n) is 3.83. The minimum absolute atomic E-state index is 0. The number of halogens is 2. The van der Waals surface area contributed by atoms with E-state index in [0.717, 1.165) is 5.56 Å². The first-order chi connectivity index (χ1) is 15.3. The van der Waals surface area contributed by atoms with Crippen LogP contribution in [0.4, 0.5) is 0 Å². The summed E-state index contributed by atoms with van der Waals surface area (Å²) in [6.07, 6.45) is 1.08. The molecular weight excluding hydrogens is 505 g/mol. The Bertz CT molecular complexity index is 1070. The number of hydrogen-bond donors (Lipinski definition) is 2. The van der Waals surface area contributed by atoms with E-state index >= 15 is 0 Å². The van der Waals surface area contributed by atoms with Gasteiger partial charge in [0.25, 0.3) is 11.8 Å². The summed E-state index contributed by atoms with van der Waals surface area (Å²) in [5.74, 6) is -1.03. The Hall–Kier alpha value is -2.24. The molecule has 3 rings (SSSR count). The number of benzene rings is 1. The van der Waals surface area contributed by atoms with Crippen molar-refractivity contribution < 1.29 is 28.0 Å². The number of nitrogens with one attached hydrogen (secondary N) is 1. The molecule has 1 aliphatic heterocycles. The van der Waals surface area contributed by atoms with Gasteiger partial charge in [-0.1, -0.05) is 12.1 Å². The molecule has 0 radical (unpaired) electrons. The van der Waals surface area contributed by atoms with Crippen molar-refractivity contribution in [3.05, 3.63) is 48.2 Å². The van der Waals surface area contributed by atoms with E-state index in [2.05, 4.69) is 4.98 Å². The maximum Gasteiger partial charge on any atom is 0.265 e. The molecule has 12 heteroatoms. The van der Waals surface area contributed by atoms with E-state index in [4.69, 9.17) is 9.94 Å². The number of aromatic nitrogens is 1. The first kappa shape index (κ1) is 29.8. The molecule has 1 aromatic heterocycles. The Kier molecular flexibility index (Phi) is 10.9. The summed E-state index contributed by atoms with van der Waals surface area (Å²) in [7, 11) is -4.13. The highest BCUT2D eigenvalue weighted by molar-refractivity contribution is 7.93. The van der Waals surface area contributed by atoms with Gasteiger partial charge >= 0.3 is 0 Å². The second-order valence-corrected chi connectivity index (χ2v) is 9.74. The van der Waals surface area contributed by atoms with Crippen LogP contribution in [0.3, 0.4) is 0 Å². The van der Waals surface area contributed by atoms with E-state index in [1.807, 2.05) is 13.8 Å². The lowest BCUT2D eigenvalue weighted by atomic mass is 9.98. The predicted octanol–water partition coefficient (Wildman–Crippen LogP) is 2.90. The molecule has 1 aliphatic rings. The van der Waals surface area contributed by atoms with E-state index in [-0.39, 0.29) is 61.7 Å². The molecule has 0 saturated carbocycles. The molecule has 2 amide bonds. The van der Waals surface area contributed by atoms with Crippen LogP contribution in [0.5, 0.6) is 0 Å². The van der Waals surface area contributed by atoms with Crippen LogP contribution in [-0.2, 0) is 19.4 Å². The van der Waals surface area contributed by atoms with Crippen LogP contribution in [0, 0.1) is 0 Å². The zero-order valence-corrected chi connectivity index (χ0v) is 21.3. The number of sulfone groups is 1. The maximum atomic E-state index is 13.3. The van der Waals surface area contributed by atoms with E-state index in [9.17, 15) is 18.0 Å². The molecular formula is C22H29Cl2N3O6S. The molecule has 2 heterocycles. The lowest BCUT2D eigenvalue weighted by Gasteiger charge is -2.34. The van der Waals surface area contributed by atoms with Crippen molar-refractivity contribution in [3.8, 4) is 11.3 Å². The van der Waals surface area contributed by atoms with Crippen molar-refractivity contribution in [2.75, 3.05) is 26.3 Å². The number of hydroxylamine groups is 1. The van der Waals surface area contributed by atoms with E-state index in [1.165, 1.54) is 17.7 Å². The Morgan fingerprint density at radius 3 is 2.12 bits per heavy atom. The number of amides is 2. The van der Waals surface area contributed by atoms with Crippen molar-refractivity contribution in [2.24, 2.45) is 0 Å². The molecule has 0 atom stereocenters. The maximum absolute atomic E-state index is 13.3. The van der Waals surface area contributed by atoms with Gasteiger partial charge in [-0.3, -0.25) is 19.8 Å². The number of carbonyl (C=O) groups excluding carboxylic acids is 2. The topological polar surface area (TPSA) is 126 Å². The van der Waals surface area contributed by atoms with Crippen molar-refractivity contribution >= 4 is 46.5 Å². The monoisotopic (exact) mass is 533 g/mol. The minimum Gasteiger partial charge on any atom is -0.381 e. The third-order valence-electron chi connectivity index (χ3n) is 5.86. The van der Waals surface area contributed by atoms with Crippen LogP contribution in [0.25, 0.3) is 11.3 Å². The van der Waals surface area contributed by atoms with Gasteiger partial charge in [0.15, 0.2) is 14.6 Å². The average Bonchev–Trinajstić information content (AvgIpc) is 2.84. The minimum atomic E-state index is -4.13. The Morgan fingerprint density at radius 2 is 1.65 bits per heavy atom. The Balaban J connectivity index is 0.00000289. The fourth-order valence-corrected chi connectivity index (χ4v) is 5.72. The summed E-state index contributed by atoms with van der Waals surface area (Å²) in [5, 5.41) is 9.14. The molecule has 2 aromatic rings. The number of hydrogen-bond acceptors (Lipinski definition) is 7. The number of carbonyl (C=O) groups is 2. The lowest BCUT2D eigenvalue weighted by molar-refractivity contribution is -0.134. The molecule has 1 aromatic carbocycles. The highest BCUT2D eigenvalue weighted by Gasteiger charge is 2.52. The molecule has 2 N–H and O–H groups in total. The number of ether oxygens (including phenoxy) is 1. The van der Waals surface area contributed by atoms with Gasteiger partial charge in [0.05, 0.1) is 10.6 Å². The number of pyridine rings is 1. The zero-order valence-electron chi connectivity index (χ0n) is 18.9. The Morgan fingerprint density at radius 1 is 1.06 bits per heavy atom. The number of nitrogens with zero attached hydrogens (tertiary/aromatic N) is 2. The zero-order chi connectivity index (χ0) is 23.4. The standard InChI is InChI=1S/C22H27N3O6S.2ClH/c1-3-25(4-2)20(26)17-7-5-16(6-8-17)19-10-9-18(15-23-19)32(29,30)22(21(27)24-28)11-13-31-14-12-22;;/h5-10,15,28H,3-4,11-14H2,1-2H3,(H,24,27);2*1H. The smallest absolute Gasteiger partial charge is 0.265 e. The van der Waals surface area contributed by atoms with Crippen molar-refractivity contribution in [2.45, 2.75) is 36.3 Å². The van der Waals surface area contributed by atoms with Crippen LogP contribution in [-0.4, -0.2) is 66.4 Å². The molecule has 1 saturated heterocycles. The van der Waals surface area contributed by atoms with Gasteiger partial charge in [-0.2, -0.15) is 0 Å². The van der Waals surface area contributed by atoms with Crippen LogP contribution >= 0.6 is 24.8 Å². The average molecular weight is 534 g/mol. The second-order valence-electron chi connectivity index (χ2n) is 7.48. The largest absolute Gasteiger partial charge is 0.381 e. The van der Waals surface area contributed by atoms with Gasteiger partial charge in [0.2, 0.25) is 0 Å². The van der Waals surface area contributed by atoms with Crippen molar-refractivity contribution in [3.63, 3.8) is 0 Å². The molecule has 188 valence electrons. The van der Waals surface area contributed by atoms with Gasteiger partial charge < -0.3 is 9.64 Å². The van der Waals surface area contributed by atoms with E-state index in [1.54, 1.807) is 35.2 Å². The molecule has 0 unspecified atom stereocenters. The summed E-state index contributed by atoms with van der Waals surface area (Å²) in [5.41, 5.74) is 3.30. The third-order valence-corrected chi connectivity index (χ3v) is 8.34. The van der Waals surface area contributed by atoms with E-state index in [0.29, 0.717) is 24.3 Å². The highest BCUT2D eigenvalue weighted by atomic mass is 35.5. The molecule has 0 aliphatic carbocycles. The van der Waals surface area contributed by atoms with Crippen LogP contribution in [0.15, 0.2) is 47.5 Å². The Labute approximate surface area is 211 Å². The molecule has 34 heavy (non-hydrogen) atoms. The summed E-state index contributed by atoms with van der Waals surface area (Å²) in [6.45, 7) is 5.27.